The fraction of sp³-hybridized carbons (Fsp3) is 0.708. The number of hydrogen-bond acceptors (Lipinski definition) is 1. The highest BCUT2D eigenvalue weighted by atomic mass is 16.1. The van der Waals surface area contributed by atoms with Crippen molar-refractivity contribution in [3.63, 3.8) is 0 Å². The number of hydrogen-bond donors (Lipinski definition) is 0. The van der Waals surface area contributed by atoms with Crippen molar-refractivity contribution in [2.45, 2.75) is 107 Å². The van der Waals surface area contributed by atoms with Gasteiger partial charge in [-0.2, -0.15) is 0 Å². The summed E-state index contributed by atoms with van der Waals surface area (Å²) in [4.78, 5) is 8.81. The van der Waals surface area contributed by atoms with Crippen molar-refractivity contribution in [1.82, 2.24) is 0 Å². The summed E-state index contributed by atoms with van der Waals surface area (Å²) in [5.74, 6) is 0.972. The standard InChI is InChI=1S/C10H22.C9H12.C3H8.C2H4O/c1-4-6-8-10(3)9-7-5-2;1-3-9-6-4-5-8(2)7-9;1-3-2;1-2-3/h10H,4-9H2,1-3H3;4-7H,3H2,1-2H3;3H2,1-2H3;2H,1H3. The molecule has 1 rings (SSSR count). The van der Waals surface area contributed by atoms with E-state index in [4.69, 9.17) is 4.79 Å². The van der Waals surface area contributed by atoms with Crippen LogP contribution in [0, 0.1) is 12.8 Å². The molecule has 1 nitrogen and oxygen atoms in total. The molecule has 1 heteroatoms. The molecule has 0 aliphatic carbocycles. The van der Waals surface area contributed by atoms with Crippen molar-refractivity contribution < 1.29 is 4.79 Å². The molecular formula is C24H46O. The van der Waals surface area contributed by atoms with Crippen LogP contribution in [0.1, 0.15) is 105 Å². The number of aldehydes is 1. The Morgan fingerprint density at radius 2 is 1.40 bits per heavy atom. The van der Waals surface area contributed by atoms with Gasteiger partial charge in [-0.15, -0.1) is 0 Å². The Morgan fingerprint density at radius 3 is 1.68 bits per heavy atom. The first kappa shape index (κ1) is 28.7. The lowest BCUT2D eigenvalue weighted by Gasteiger charge is -2.08. The molecule has 0 radical (unpaired) electrons. The van der Waals surface area contributed by atoms with Crippen LogP contribution in [0.3, 0.4) is 0 Å². The molecule has 0 saturated heterocycles. The third kappa shape index (κ3) is 28.0. The second-order valence-electron chi connectivity index (χ2n) is 6.68. The third-order valence-corrected chi connectivity index (χ3v) is 3.59. The molecule has 25 heavy (non-hydrogen) atoms. The highest BCUT2D eigenvalue weighted by Crippen LogP contribution is 2.14. The minimum absolute atomic E-state index is 0.750. The van der Waals surface area contributed by atoms with Crippen LogP contribution < -0.4 is 0 Å². The van der Waals surface area contributed by atoms with E-state index in [1.54, 1.807) is 0 Å². The zero-order valence-corrected chi connectivity index (χ0v) is 18.5. The van der Waals surface area contributed by atoms with Crippen LogP contribution >= 0.6 is 0 Å². The highest BCUT2D eigenvalue weighted by molar-refractivity contribution is 5.44. The third-order valence-electron chi connectivity index (χ3n) is 3.59. The van der Waals surface area contributed by atoms with Crippen LogP contribution in [0.2, 0.25) is 0 Å². The van der Waals surface area contributed by atoms with E-state index in [1.165, 1.54) is 63.0 Å². The molecule has 0 heterocycles. The number of aryl methyl sites for hydroxylation is 2. The van der Waals surface area contributed by atoms with Gasteiger partial charge in [-0.3, -0.25) is 0 Å². The molecule has 0 aliphatic heterocycles. The van der Waals surface area contributed by atoms with Gasteiger partial charge in [0.15, 0.2) is 0 Å². The quantitative estimate of drug-likeness (QED) is 0.453. The molecule has 0 fully saturated rings. The van der Waals surface area contributed by atoms with Gasteiger partial charge in [0, 0.05) is 0 Å². The Kier molecular flexibility index (Phi) is 28.8. The molecule has 0 saturated carbocycles. The van der Waals surface area contributed by atoms with Gasteiger partial charge in [0.05, 0.1) is 0 Å². The molecule has 0 spiro atoms. The maximum Gasteiger partial charge on any atom is 0.116 e. The maximum atomic E-state index is 8.81. The second kappa shape index (κ2) is 25.1. The number of carbonyl (C=O) groups excluding carboxylic acids is 1. The van der Waals surface area contributed by atoms with Crippen molar-refractivity contribution in [2.24, 2.45) is 5.92 Å². The van der Waals surface area contributed by atoms with Crippen molar-refractivity contribution in [1.29, 1.82) is 0 Å². The summed E-state index contributed by atoms with van der Waals surface area (Å²) in [5, 5.41) is 0. The van der Waals surface area contributed by atoms with E-state index >= 15 is 0 Å². The van der Waals surface area contributed by atoms with Crippen LogP contribution in [0.15, 0.2) is 24.3 Å². The predicted molar refractivity (Wildman–Crippen MR) is 116 cm³/mol. The number of unbranched alkanes of at least 4 members (excludes halogenated alkanes) is 2. The molecule has 0 bridgehead atoms. The lowest BCUT2D eigenvalue weighted by atomic mass is 9.98. The summed E-state index contributed by atoms with van der Waals surface area (Å²) in [5.41, 5.74) is 2.78. The minimum Gasteiger partial charge on any atom is -0.304 e. The Bertz CT molecular complexity index is 349. The first-order valence-corrected chi connectivity index (χ1v) is 10.4. The molecule has 1 aromatic carbocycles. The SMILES string of the molecule is CC=O.CCC.CCCCC(C)CCCC.CCc1cccc(C)c1. The molecule has 1 aromatic rings. The van der Waals surface area contributed by atoms with Gasteiger partial charge < -0.3 is 4.79 Å². The Balaban J connectivity index is -0.000000296. The summed E-state index contributed by atoms with van der Waals surface area (Å²) in [6.45, 7) is 16.9. The van der Waals surface area contributed by atoms with Gasteiger partial charge in [0.1, 0.15) is 6.29 Å². The first-order chi connectivity index (χ1) is 12.0. The van der Waals surface area contributed by atoms with Crippen LogP contribution in [-0.4, -0.2) is 6.29 Å². The molecule has 0 unspecified atom stereocenters. The predicted octanol–water partition coefficient (Wildman–Crippen LogP) is 8.18. The summed E-state index contributed by atoms with van der Waals surface area (Å²) < 4.78 is 0. The smallest absolute Gasteiger partial charge is 0.116 e. The normalized spacial score (nSPS) is 9.00. The lowest BCUT2D eigenvalue weighted by molar-refractivity contribution is -0.106. The number of benzene rings is 1. The topological polar surface area (TPSA) is 17.1 Å². The van der Waals surface area contributed by atoms with E-state index in [0.717, 1.165) is 18.6 Å². The molecule has 0 aliphatic rings. The molecule has 0 aromatic heterocycles. The van der Waals surface area contributed by atoms with E-state index in [-0.39, 0.29) is 0 Å². The minimum atomic E-state index is 0.750. The van der Waals surface area contributed by atoms with E-state index in [9.17, 15) is 0 Å². The van der Waals surface area contributed by atoms with E-state index in [0.29, 0.717) is 0 Å². The number of rotatable bonds is 7. The van der Waals surface area contributed by atoms with Gasteiger partial charge >= 0.3 is 0 Å². The first-order valence-electron chi connectivity index (χ1n) is 10.4. The van der Waals surface area contributed by atoms with Crippen molar-refractivity contribution in [2.75, 3.05) is 0 Å². The van der Waals surface area contributed by atoms with Crippen LogP contribution in [-0.2, 0) is 11.2 Å². The largest absolute Gasteiger partial charge is 0.304 e. The maximum absolute atomic E-state index is 8.81. The Hall–Kier alpha value is -1.11. The average Bonchev–Trinajstić information content (AvgIpc) is 2.60. The zero-order valence-electron chi connectivity index (χ0n) is 18.5. The van der Waals surface area contributed by atoms with Gasteiger partial charge in [-0.05, 0) is 31.7 Å². The molecule has 0 atom stereocenters. The second-order valence-corrected chi connectivity index (χ2v) is 6.68. The summed E-state index contributed by atoms with van der Waals surface area (Å²) in [6.07, 6.45) is 11.6. The van der Waals surface area contributed by atoms with Crippen molar-refractivity contribution in [3.8, 4) is 0 Å². The van der Waals surface area contributed by atoms with Crippen LogP contribution in [0.25, 0.3) is 0 Å². The highest BCUT2D eigenvalue weighted by Gasteiger charge is 1.98. The molecule has 148 valence electrons. The fourth-order valence-electron chi connectivity index (χ4n) is 2.18. The van der Waals surface area contributed by atoms with Gasteiger partial charge in [-0.25, -0.2) is 0 Å². The molecule has 0 amide bonds. The molecular weight excluding hydrogens is 304 g/mol. The monoisotopic (exact) mass is 350 g/mol. The van der Waals surface area contributed by atoms with Crippen molar-refractivity contribution >= 4 is 6.29 Å². The summed E-state index contributed by atoms with van der Waals surface area (Å²) in [6, 6.07) is 8.61. The zero-order chi connectivity index (χ0) is 19.9. The van der Waals surface area contributed by atoms with E-state index in [2.05, 4.69) is 72.7 Å². The Morgan fingerprint density at radius 1 is 0.960 bits per heavy atom. The van der Waals surface area contributed by atoms with Crippen molar-refractivity contribution in [3.05, 3.63) is 35.4 Å². The van der Waals surface area contributed by atoms with Gasteiger partial charge in [0.2, 0.25) is 0 Å². The van der Waals surface area contributed by atoms with Crippen LogP contribution in [0.4, 0.5) is 0 Å². The molecule has 0 N–H and O–H groups in total. The Labute approximate surface area is 159 Å². The fourth-order valence-corrected chi connectivity index (χ4v) is 2.18. The van der Waals surface area contributed by atoms with Gasteiger partial charge in [-0.1, -0.05) is 116 Å². The summed E-state index contributed by atoms with van der Waals surface area (Å²) in [7, 11) is 0. The van der Waals surface area contributed by atoms with E-state index in [1.807, 2.05) is 0 Å². The van der Waals surface area contributed by atoms with E-state index < -0.39 is 0 Å². The van der Waals surface area contributed by atoms with Gasteiger partial charge in [0.25, 0.3) is 0 Å². The summed E-state index contributed by atoms with van der Waals surface area (Å²) >= 11 is 0. The lowest BCUT2D eigenvalue weighted by Crippen LogP contribution is -1.93. The number of carbonyl (C=O) groups is 1. The average molecular weight is 351 g/mol. The van der Waals surface area contributed by atoms with Crippen LogP contribution in [0.5, 0.6) is 0 Å².